The van der Waals surface area contributed by atoms with Crippen molar-refractivity contribution in [2.24, 2.45) is 16.7 Å². The van der Waals surface area contributed by atoms with Crippen LogP contribution in [0, 0.1) is 16.7 Å². The first kappa shape index (κ1) is 37.4. The maximum Gasteiger partial charge on any atom is 0.0883 e. The van der Waals surface area contributed by atoms with Crippen molar-refractivity contribution in [2.45, 2.75) is 136 Å². The van der Waals surface area contributed by atoms with Crippen LogP contribution in [0.3, 0.4) is 0 Å². The lowest BCUT2D eigenvalue weighted by atomic mass is 9.81. The molecular weight excluding hydrogens is 382 g/mol. The zero-order valence-corrected chi connectivity index (χ0v) is 24.7. The molecule has 0 saturated carbocycles. The summed E-state index contributed by atoms with van der Waals surface area (Å²) in [5.41, 5.74) is 1.40. The second-order valence-corrected chi connectivity index (χ2v) is 10.0. The first-order chi connectivity index (χ1) is 14.3. The van der Waals surface area contributed by atoms with E-state index < -0.39 is 0 Å². The lowest BCUT2D eigenvalue weighted by molar-refractivity contribution is 0.0136. The Morgan fingerprint density at radius 3 is 1.65 bits per heavy atom. The van der Waals surface area contributed by atoms with Crippen LogP contribution in [0.2, 0.25) is 0 Å². The summed E-state index contributed by atoms with van der Waals surface area (Å²) in [6, 6.07) is 0. The largest absolute Gasteiger partial charge is 0.380 e. The number of nitrogens with zero attached hydrogens (tertiary/aromatic N) is 3. The van der Waals surface area contributed by atoms with Gasteiger partial charge in [-0.2, -0.15) is 0 Å². The van der Waals surface area contributed by atoms with E-state index in [1.807, 2.05) is 60.1 Å². The zero-order chi connectivity index (χ0) is 25.9. The van der Waals surface area contributed by atoms with E-state index in [4.69, 9.17) is 4.74 Å². The third-order valence-electron chi connectivity index (χ3n) is 3.77. The van der Waals surface area contributed by atoms with Crippen molar-refractivity contribution < 1.29 is 4.74 Å². The van der Waals surface area contributed by atoms with Gasteiger partial charge in [0.1, 0.15) is 0 Å². The Bertz CT molecular complexity index is 483. The van der Waals surface area contributed by atoms with Crippen molar-refractivity contribution in [3.8, 4) is 0 Å². The summed E-state index contributed by atoms with van der Waals surface area (Å²) in [6.45, 7) is 38.4. The Balaban J connectivity index is -0.000000407. The smallest absolute Gasteiger partial charge is 0.0883 e. The summed E-state index contributed by atoms with van der Waals surface area (Å²) in [5, 5.41) is 8.76. The van der Waals surface area contributed by atoms with E-state index in [9.17, 15) is 0 Å². The summed E-state index contributed by atoms with van der Waals surface area (Å²) in [5.74, 6) is 0.650. The van der Waals surface area contributed by atoms with E-state index in [1.165, 1.54) is 0 Å². The molecule has 0 aliphatic heterocycles. The molecule has 4 nitrogen and oxygen atoms in total. The van der Waals surface area contributed by atoms with Gasteiger partial charge in [0.2, 0.25) is 0 Å². The normalized spacial score (nSPS) is 11.0. The number of aromatic nitrogens is 3. The second-order valence-electron chi connectivity index (χ2n) is 10.0. The van der Waals surface area contributed by atoms with Crippen molar-refractivity contribution in [2.75, 3.05) is 13.2 Å². The lowest BCUT2D eigenvalue weighted by Crippen LogP contribution is -2.28. The fourth-order valence-corrected chi connectivity index (χ4v) is 2.93. The molecule has 0 N–H and O–H groups in total. The van der Waals surface area contributed by atoms with Crippen LogP contribution >= 0.6 is 0 Å². The molecule has 31 heavy (non-hydrogen) atoms. The third kappa shape index (κ3) is 20.7. The Morgan fingerprint density at radius 1 is 0.806 bits per heavy atom. The highest BCUT2D eigenvalue weighted by molar-refractivity contribution is 5.08. The number of hydrogen-bond donors (Lipinski definition) is 0. The predicted molar refractivity (Wildman–Crippen MR) is 142 cm³/mol. The maximum atomic E-state index is 5.90. The fraction of sp³-hybridized carbons (Fsp3) is 0.926. The summed E-state index contributed by atoms with van der Waals surface area (Å²) in [6.07, 6.45) is 3.22. The molecule has 4 heteroatoms. The van der Waals surface area contributed by atoms with Gasteiger partial charge in [0.25, 0.3) is 0 Å². The van der Waals surface area contributed by atoms with E-state index >= 15 is 0 Å². The first-order valence-electron chi connectivity index (χ1n) is 12.8. The van der Waals surface area contributed by atoms with Gasteiger partial charge >= 0.3 is 0 Å². The van der Waals surface area contributed by atoms with Gasteiger partial charge in [0, 0.05) is 23.6 Å². The van der Waals surface area contributed by atoms with Gasteiger partial charge in [-0.15, -0.1) is 5.10 Å². The minimum atomic E-state index is 0.0401. The molecule has 1 rings (SSSR count). The molecule has 1 aromatic rings. The van der Waals surface area contributed by atoms with Crippen LogP contribution in [0.1, 0.15) is 130 Å². The van der Waals surface area contributed by atoms with Gasteiger partial charge in [0.15, 0.2) is 0 Å². The molecule has 1 heterocycles. The molecule has 0 spiro atoms. The van der Waals surface area contributed by atoms with Crippen LogP contribution in [0.15, 0.2) is 6.20 Å². The quantitative estimate of drug-likeness (QED) is 0.403. The molecule has 1 aromatic heterocycles. The Kier molecular flexibility index (Phi) is 23.9. The molecule has 0 bridgehead atoms. The molecule has 190 valence electrons. The highest BCUT2D eigenvalue weighted by atomic mass is 16.5. The maximum absolute atomic E-state index is 5.90. The molecule has 0 aliphatic carbocycles. The van der Waals surface area contributed by atoms with Gasteiger partial charge in [-0.25, -0.2) is 0 Å². The van der Waals surface area contributed by atoms with Crippen LogP contribution in [-0.4, -0.2) is 28.2 Å². The third-order valence-corrected chi connectivity index (χ3v) is 3.77. The van der Waals surface area contributed by atoms with E-state index in [0.29, 0.717) is 5.92 Å². The van der Waals surface area contributed by atoms with Gasteiger partial charge in [-0.05, 0) is 17.8 Å². The minimum Gasteiger partial charge on any atom is -0.380 e. The minimum absolute atomic E-state index is 0.0401. The van der Waals surface area contributed by atoms with Gasteiger partial charge in [-0.1, -0.05) is 123 Å². The summed E-state index contributed by atoms with van der Waals surface area (Å²) in [7, 11) is 0. The van der Waals surface area contributed by atoms with Crippen LogP contribution < -0.4 is 0 Å². The summed E-state index contributed by atoms with van der Waals surface area (Å²) >= 11 is 0. The topological polar surface area (TPSA) is 39.9 Å². The van der Waals surface area contributed by atoms with Crippen molar-refractivity contribution in [1.82, 2.24) is 15.0 Å². The van der Waals surface area contributed by atoms with E-state index in [2.05, 4.69) is 78.8 Å². The first-order valence-corrected chi connectivity index (χ1v) is 12.8. The van der Waals surface area contributed by atoms with Crippen LogP contribution in [-0.2, 0) is 16.7 Å². The molecule has 0 atom stereocenters. The zero-order valence-electron chi connectivity index (χ0n) is 24.7. The predicted octanol–water partition coefficient (Wildman–Crippen LogP) is 8.80. The Hall–Kier alpha value is -0.900. The standard InChI is InChI=1S/C19H37N3O.4C2H6/c1-15(2)10-19(8,9)16-11-22(21-20-16)12-18(6,7)14-23-13-17(3,4)5;4*1-2/h11,15H,10,12-14H2,1-9H3;4*1-2H3. The number of hydrogen-bond acceptors (Lipinski definition) is 3. The Labute approximate surface area is 197 Å². The summed E-state index contributed by atoms with van der Waals surface area (Å²) < 4.78 is 7.87. The van der Waals surface area contributed by atoms with Crippen LogP contribution in [0.5, 0.6) is 0 Å². The average Bonchev–Trinajstić information content (AvgIpc) is 3.15. The average molecular weight is 444 g/mol. The van der Waals surface area contributed by atoms with Gasteiger partial charge < -0.3 is 4.74 Å². The summed E-state index contributed by atoms with van der Waals surface area (Å²) in [4.78, 5) is 0. The molecule has 0 unspecified atom stereocenters. The van der Waals surface area contributed by atoms with Crippen LogP contribution in [0.4, 0.5) is 0 Å². The number of ether oxygens (including phenoxy) is 1. The Morgan fingerprint density at radius 2 is 1.26 bits per heavy atom. The fourth-order valence-electron chi connectivity index (χ4n) is 2.93. The lowest BCUT2D eigenvalue weighted by Gasteiger charge is -2.27. The van der Waals surface area contributed by atoms with Gasteiger partial charge in [0.05, 0.1) is 18.9 Å². The molecule has 0 amide bonds. The molecular formula is C27H61N3O. The second kappa shape index (κ2) is 19.8. The van der Waals surface area contributed by atoms with Crippen molar-refractivity contribution in [3.63, 3.8) is 0 Å². The highest BCUT2D eigenvalue weighted by Gasteiger charge is 2.27. The number of rotatable bonds is 8. The molecule has 0 fully saturated rings. The van der Waals surface area contributed by atoms with Crippen molar-refractivity contribution in [1.29, 1.82) is 0 Å². The van der Waals surface area contributed by atoms with E-state index in [1.54, 1.807) is 0 Å². The van der Waals surface area contributed by atoms with Crippen LogP contribution in [0.25, 0.3) is 0 Å². The highest BCUT2D eigenvalue weighted by Crippen LogP contribution is 2.29. The monoisotopic (exact) mass is 443 g/mol. The molecule has 0 aliphatic rings. The molecule has 0 saturated heterocycles. The van der Waals surface area contributed by atoms with Gasteiger partial charge in [-0.3, -0.25) is 4.68 Å². The molecule has 0 radical (unpaired) electrons. The van der Waals surface area contributed by atoms with E-state index in [-0.39, 0.29) is 16.2 Å². The van der Waals surface area contributed by atoms with Crippen molar-refractivity contribution >= 4 is 0 Å². The van der Waals surface area contributed by atoms with Crippen molar-refractivity contribution in [3.05, 3.63) is 11.9 Å². The van der Waals surface area contributed by atoms with E-state index in [0.717, 1.165) is 31.9 Å². The SMILES string of the molecule is CC.CC.CC.CC.CC(C)CC(C)(C)c1cn(CC(C)(C)COCC(C)(C)C)nn1. The molecule has 0 aromatic carbocycles.